The van der Waals surface area contributed by atoms with Gasteiger partial charge in [-0.1, -0.05) is 20.8 Å². The van der Waals surface area contributed by atoms with Crippen molar-refractivity contribution < 1.29 is 0 Å². The van der Waals surface area contributed by atoms with Crippen molar-refractivity contribution in [1.82, 2.24) is 19.7 Å². The highest BCUT2D eigenvalue weighted by molar-refractivity contribution is 4.98. The third kappa shape index (κ3) is 3.28. The van der Waals surface area contributed by atoms with E-state index in [2.05, 4.69) is 40.4 Å². The van der Waals surface area contributed by atoms with Gasteiger partial charge >= 0.3 is 0 Å². The summed E-state index contributed by atoms with van der Waals surface area (Å²) >= 11 is 0. The van der Waals surface area contributed by atoms with Gasteiger partial charge in [-0.3, -0.25) is 0 Å². The number of hydrogen-bond acceptors (Lipinski definition) is 3. The van der Waals surface area contributed by atoms with Crippen molar-refractivity contribution in [2.75, 3.05) is 19.6 Å². The molecule has 0 saturated carbocycles. The summed E-state index contributed by atoms with van der Waals surface area (Å²) < 4.78 is 2.06. The molecule has 0 spiro atoms. The Morgan fingerprint density at radius 3 is 2.41 bits per heavy atom. The molecule has 1 fully saturated rings. The van der Waals surface area contributed by atoms with Crippen molar-refractivity contribution in [2.24, 2.45) is 12.5 Å². The molecule has 0 atom stereocenters. The van der Waals surface area contributed by atoms with Gasteiger partial charge in [-0.05, 0) is 31.3 Å². The maximum absolute atomic E-state index is 4.23. The summed E-state index contributed by atoms with van der Waals surface area (Å²) in [4.78, 5) is 2.58. The van der Waals surface area contributed by atoms with E-state index in [1.54, 1.807) is 6.33 Å². The van der Waals surface area contributed by atoms with Gasteiger partial charge in [0.2, 0.25) is 0 Å². The second-order valence-electron chi connectivity index (χ2n) is 6.41. The van der Waals surface area contributed by atoms with Crippen LogP contribution in [0.15, 0.2) is 6.33 Å². The lowest BCUT2D eigenvalue weighted by Gasteiger charge is -2.35. The Morgan fingerprint density at radius 2 is 1.94 bits per heavy atom. The van der Waals surface area contributed by atoms with Gasteiger partial charge in [0.15, 0.2) is 0 Å². The molecule has 96 valence electrons. The molecule has 4 heteroatoms. The van der Waals surface area contributed by atoms with Crippen molar-refractivity contribution in [3.05, 3.63) is 12.2 Å². The zero-order chi connectivity index (χ0) is 12.5. The van der Waals surface area contributed by atoms with Crippen LogP contribution in [0.5, 0.6) is 0 Å². The van der Waals surface area contributed by atoms with Crippen LogP contribution in [-0.2, 0) is 7.05 Å². The monoisotopic (exact) mass is 236 g/mol. The molecule has 2 heterocycles. The third-order valence-corrected chi connectivity index (χ3v) is 3.40. The Hall–Kier alpha value is -0.900. The van der Waals surface area contributed by atoms with Crippen molar-refractivity contribution in [3.8, 4) is 0 Å². The minimum absolute atomic E-state index is 0.400. The van der Waals surface area contributed by atoms with Crippen LogP contribution >= 0.6 is 0 Å². The first-order valence-electron chi connectivity index (χ1n) is 6.52. The molecule has 17 heavy (non-hydrogen) atoms. The van der Waals surface area contributed by atoms with Crippen LogP contribution < -0.4 is 0 Å². The number of likely N-dealkylation sites (tertiary alicyclic amines) is 1. The van der Waals surface area contributed by atoms with E-state index in [1.165, 1.54) is 32.5 Å². The van der Waals surface area contributed by atoms with E-state index < -0.39 is 0 Å². The van der Waals surface area contributed by atoms with Gasteiger partial charge in [0.1, 0.15) is 12.2 Å². The van der Waals surface area contributed by atoms with E-state index in [-0.39, 0.29) is 0 Å². The standard InChI is InChI=1S/C13H24N4/c1-13(2,3)9-17-7-5-11(6-8-17)12-15-14-10-16(12)4/h10-11H,5-9H2,1-4H3. The molecule has 0 amide bonds. The summed E-state index contributed by atoms with van der Waals surface area (Å²) in [5.74, 6) is 1.75. The highest BCUT2D eigenvalue weighted by Crippen LogP contribution is 2.27. The second kappa shape index (κ2) is 4.77. The molecule has 4 nitrogen and oxygen atoms in total. The van der Waals surface area contributed by atoms with Crippen LogP contribution in [0.2, 0.25) is 0 Å². The van der Waals surface area contributed by atoms with Gasteiger partial charge in [0.05, 0.1) is 0 Å². The van der Waals surface area contributed by atoms with Gasteiger partial charge in [-0.15, -0.1) is 10.2 Å². The molecular formula is C13H24N4. The fourth-order valence-corrected chi connectivity index (χ4v) is 2.68. The highest BCUT2D eigenvalue weighted by Gasteiger charge is 2.25. The normalized spacial score (nSPS) is 19.8. The van der Waals surface area contributed by atoms with Crippen molar-refractivity contribution >= 4 is 0 Å². The van der Waals surface area contributed by atoms with Crippen molar-refractivity contribution in [3.63, 3.8) is 0 Å². The van der Waals surface area contributed by atoms with Crippen molar-refractivity contribution in [2.45, 2.75) is 39.5 Å². The topological polar surface area (TPSA) is 34.0 Å². The molecule has 1 aromatic heterocycles. The summed E-state index contributed by atoms with van der Waals surface area (Å²) in [6.45, 7) is 10.5. The number of aryl methyl sites for hydroxylation is 1. The van der Waals surface area contributed by atoms with E-state index in [9.17, 15) is 0 Å². The molecule has 0 aromatic carbocycles. The minimum Gasteiger partial charge on any atom is -0.320 e. The predicted octanol–water partition coefficient (Wildman–Crippen LogP) is 2.04. The summed E-state index contributed by atoms with van der Waals surface area (Å²) in [5, 5.41) is 8.21. The van der Waals surface area contributed by atoms with E-state index in [0.29, 0.717) is 11.3 Å². The Labute approximate surface area is 104 Å². The molecule has 1 saturated heterocycles. The largest absolute Gasteiger partial charge is 0.320 e. The number of hydrogen-bond donors (Lipinski definition) is 0. The van der Waals surface area contributed by atoms with Gasteiger partial charge in [0.25, 0.3) is 0 Å². The van der Waals surface area contributed by atoms with Gasteiger partial charge in [0, 0.05) is 19.5 Å². The van der Waals surface area contributed by atoms with Gasteiger partial charge in [-0.25, -0.2) is 0 Å². The maximum Gasteiger partial charge on any atom is 0.135 e. The zero-order valence-corrected chi connectivity index (χ0v) is 11.5. The molecule has 0 bridgehead atoms. The number of rotatable bonds is 2. The first kappa shape index (κ1) is 12.6. The molecule has 0 aliphatic carbocycles. The Morgan fingerprint density at radius 1 is 1.29 bits per heavy atom. The first-order chi connectivity index (χ1) is 7.96. The first-order valence-corrected chi connectivity index (χ1v) is 6.52. The SMILES string of the molecule is Cn1cnnc1C1CCN(CC(C)(C)C)CC1. The Kier molecular flexibility index (Phi) is 3.52. The van der Waals surface area contributed by atoms with Gasteiger partial charge < -0.3 is 9.47 Å². The fraction of sp³-hybridized carbons (Fsp3) is 0.846. The molecular weight excluding hydrogens is 212 g/mol. The summed E-state index contributed by atoms with van der Waals surface area (Å²) in [6, 6.07) is 0. The molecule has 1 aliphatic rings. The average molecular weight is 236 g/mol. The van der Waals surface area contributed by atoms with Crippen molar-refractivity contribution in [1.29, 1.82) is 0 Å². The second-order valence-corrected chi connectivity index (χ2v) is 6.41. The highest BCUT2D eigenvalue weighted by atomic mass is 15.3. The van der Waals surface area contributed by atoms with Gasteiger partial charge in [-0.2, -0.15) is 0 Å². The third-order valence-electron chi connectivity index (χ3n) is 3.40. The summed E-state index contributed by atoms with van der Waals surface area (Å²) in [6.07, 6.45) is 4.22. The van der Waals surface area contributed by atoms with Crippen LogP contribution in [0.25, 0.3) is 0 Å². The maximum atomic E-state index is 4.23. The Balaban J connectivity index is 1.88. The lowest BCUT2D eigenvalue weighted by atomic mass is 9.91. The van der Waals surface area contributed by atoms with E-state index in [1.807, 2.05) is 7.05 Å². The van der Waals surface area contributed by atoms with Crippen LogP contribution in [0.4, 0.5) is 0 Å². The molecule has 0 unspecified atom stereocenters. The van der Waals surface area contributed by atoms with Crippen LogP contribution in [0.1, 0.15) is 45.4 Å². The van der Waals surface area contributed by atoms with E-state index in [4.69, 9.17) is 0 Å². The molecule has 0 N–H and O–H groups in total. The lowest BCUT2D eigenvalue weighted by Crippen LogP contribution is -2.38. The molecule has 1 aliphatic heterocycles. The fourth-order valence-electron chi connectivity index (χ4n) is 2.68. The number of piperidine rings is 1. The minimum atomic E-state index is 0.400. The van der Waals surface area contributed by atoms with E-state index >= 15 is 0 Å². The average Bonchev–Trinajstić information content (AvgIpc) is 2.63. The zero-order valence-electron chi connectivity index (χ0n) is 11.5. The molecule has 1 aromatic rings. The summed E-state index contributed by atoms with van der Waals surface area (Å²) in [7, 11) is 2.04. The van der Waals surface area contributed by atoms with Crippen LogP contribution in [0, 0.1) is 5.41 Å². The van der Waals surface area contributed by atoms with E-state index in [0.717, 1.165) is 5.82 Å². The quantitative estimate of drug-likeness (QED) is 0.788. The summed E-state index contributed by atoms with van der Waals surface area (Å²) in [5.41, 5.74) is 0.400. The molecule has 2 rings (SSSR count). The van der Waals surface area contributed by atoms with Crippen LogP contribution in [-0.4, -0.2) is 39.3 Å². The smallest absolute Gasteiger partial charge is 0.135 e. The Bertz CT molecular complexity index is 356. The number of aromatic nitrogens is 3. The molecule has 0 radical (unpaired) electrons. The predicted molar refractivity (Wildman–Crippen MR) is 68.9 cm³/mol. The number of nitrogens with zero attached hydrogens (tertiary/aromatic N) is 4. The lowest BCUT2D eigenvalue weighted by molar-refractivity contribution is 0.152. The van der Waals surface area contributed by atoms with Crippen LogP contribution in [0.3, 0.4) is 0 Å².